The van der Waals surface area contributed by atoms with Crippen molar-refractivity contribution in [2.75, 3.05) is 7.11 Å². The molecule has 0 aliphatic heterocycles. The Hall–Kier alpha value is -3.22. The van der Waals surface area contributed by atoms with E-state index in [0.29, 0.717) is 40.0 Å². The molecule has 0 saturated heterocycles. The fraction of sp³-hybridized carbons (Fsp3) is 0.391. The van der Waals surface area contributed by atoms with Crippen molar-refractivity contribution in [3.63, 3.8) is 0 Å². The number of hydrogen-bond donors (Lipinski definition) is 0. The Balaban J connectivity index is 1.85. The molecule has 0 N–H and O–H groups in total. The van der Waals surface area contributed by atoms with Crippen LogP contribution >= 0.6 is 0 Å². The largest absolute Gasteiger partial charge is 0.496 e. The summed E-state index contributed by atoms with van der Waals surface area (Å²) < 4.78 is 9.15. The van der Waals surface area contributed by atoms with Crippen LogP contribution in [0.4, 0.5) is 0 Å². The maximum Gasteiger partial charge on any atom is 0.262 e. The first-order valence-electron chi connectivity index (χ1n) is 10.5. The molecule has 154 valence electrons. The second-order valence-electron chi connectivity index (χ2n) is 8.26. The average Bonchev–Trinajstić information content (AvgIpc) is 3.23. The lowest BCUT2D eigenvalue weighted by molar-refractivity contribution is 0.183. The van der Waals surface area contributed by atoms with E-state index in [-0.39, 0.29) is 11.6 Å². The quantitative estimate of drug-likeness (QED) is 0.515. The van der Waals surface area contributed by atoms with Gasteiger partial charge in [0.1, 0.15) is 12.1 Å². The molecule has 0 bridgehead atoms. The molecule has 1 aromatic carbocycles. The van der Waals surface area contributed by atoms with Crippen LogP contribution < -0.4 is 10.3 Å². The molecule has 1 fully saturated rings. The molecule has 3 aromatic heterocycles. The fourth-order valence-electron chi connectivity index (χ4n) is 4.84. The van der Waals surface area contributed by atoms with Gasteiger partial charge in [0, 0.05) is 17.8 Å². The highest BCUT2D eigenvalue weighted by Gasteiger charge is 2.30. The van der Waals surface area contributed by atoms with Gasteiger partial charge in [-0.25, -0.2) is 4.98 Å². The van der Waals surface area contributed by atoms with Crippen LogP contribution in [0.2, 0.25) is 0 Å². The van der Waals surface area contributed by atoms with E-state index in [9.17, 15) is 4.79 Å². The third-order valence-corrected chi connectivity index (χ3v) is 6.68. The van der Waals surface area contributed by atoms with Crippen molar-refractivity contribution >= 4 is 16.7 Å². The Kier molecular flexibility index (Phi) is 4.53. The molecule has 3 heterocycles. The second-order valence-corrected chi connectivity index (χ2v) is 8.26. The van der Waals surface area contributed by atoms with Crippen LogP contribution in [0.25, 0.3) is 27.9 Å². The summed E-state index contributed by atoms with van der Waals surface area (Å²) in [5, 5.41) is 4.92. The number of rotatable bonds is 3. The number of fused-ring (bicyclic) bond motifs is 2. The average molecular weight is 403 g/mol. The molecular formula is C23H25N5O2. The van der Waals surface area contributed by atoms with Crippen LogP contribution in [0, 0.1) is 11.8 Å². The maximum atomic E-state index is 13.9. The van der Waals surface area contributed by atoms with Gasteiger partial charge in [-0.2, -0.15) is 14.6 Å². The highest BCUT2D eigenvalue weighted by Crippen LogP contribution is 2.38. The van der Waals surface area contributed by atoms with Crippen molar-refractivity contribution in [3.05, 3.63) is 53.2 Å². The van der Waals surface area contributed by atoms with E-state index in [4.69, 9.17) is 4.74 Å². The van der Waals surface area contributed by atoms with Crippen molar-refractivity contribution in [1.29, 1.82) is 0 Å². The van der Waals surface area contributed by atoms with E-state index in [1.54, 1.807) is 11.6 Å². The van der Waals surface area contributed by atoms with Gasteiger partial charge in [0.2, 0.25) is 0 Å². The third-order valence-electron chi connectivity index (χ3n) is 6.68. The lowest BCUT2D eigenvalue weighted by atomic mass is 9.78. The zero-order valence-electron chi connectivity index (χ0n) is 17.4. The summed E-state index contributed by atoms with van der Waals surface area (Å²) >= 11 is 0. The van der Waals surface area contributed by atoms with Crippen LogP contribution in [0.3, 0.4) is 0 Å². The van der Waals surface area contributed by atoms with Crippen molar-refractivity contribution in [3.8, 4) is 17.0 Å². The summed E-state index contributed by atoms with van der Waals surface area (Å²) in [6.45, 7) is 4.54. The first-order chi connectivity index (χ1) is 14.6. The van der Waals surface area contributed by atoms with E-state index in [1.165, 1.54) is 12.7 Å². The molecule has 7 nitrogen and oxygen atoms in total. The Bertz CT molecular complexity index is 1290. The van der Waals surface area contributed by atoms with E-state index in [2.05, 4.69) is 28.9 Å². The summed E-state index contributed by atoms with van der Waals surface area (Å²) in [6.07, 6.45) is 6.73. The number of methoxy groups -OCH3 is 1. The molecule has 30 heavy (non-hydrogen) atoms. The standard InChI is InChI=1S/C23H25N5O2/c1-14-7-6-9-18(15(14)2)27-12-11-17-20(22(27)29)21(28-23(26-17)24-13-25-28)16-8-4-5-10-19(16)30-3/h4-5,8,10-15,18H,6-7,9H2,1-3H3/t14-,15+,18+/m0/s1. The minimum atomic E-state index is -0.0377. The van der Waals surface area contributed by atoms with Gasteiger partial charge in [-0.15, -0.1) is 0 Å². The van der Waals surface area contributed by atoms with Crippen LogP contribution in [-0.2, 0) is 0 Å². The topological polar surface area (TPSA) is 74.3 Å². The molecule has 5 rings (SSSR count). The number of hydrogen-bond acceptors (Lipinski definition) is 5. The van der Waals surface area contributed by atoms with Gasteiger partial charge in [-0.05, 0) is 36.5 Å². The molecule has 3 atom stereocenters. The number of aromatic nitrogens is 5. The van der Waals surface area contributed by atoms with Crippen LogP contribution in [0.15, 0.2) is 47.7 Å². The van der Waals surface area contributed by atoms with Gasteiger partial charge in [0.05, 0.1) is 23.7 Å². The van der Waals surface area contributed by atoms with E-state index in [1.807, 2.05) is 41.1 Å². The molecule has 0 radical (unpaired) electrons. The lowest BCUT2D eigenvalue weighted by Crippen LogP contribution is -2.33. The fourth-order valence-corrected chi connectivity index (χ4v) is 4.84. The van der Waals surface area contributed by atoms with Crippen LogP contribution in [0.5, 0.6) is 5.75 Å². The van der Waals surface area contributed by atoms with Crippen LogP contribution in [-0.4, -0.2) is 31.3 Å². The molecule has 0 spiro atoms. The maximum absolute atomic E-state index is 13.9. The monoisotopic (exact) mass is 403 g/mol. The molecule has 4 aromatic rings. The normalized spacial score (nSPS) is 21.9. The van der Waals surface area contributed by atoms with Crippen molar-refractivity contribution in [2.24, 2.45) is 11.8 Å². The number of benzene rings is 1. The highest BCUT2D eigenvalue weighted by molar-refractivity contribution is 5.94. The van der Waals surface area contributed by atoms with Gasteiger partial charge in [0.15, 0.2) is 0 Å². The first-order valence-corrected chi connectivity index (χ1v) is 10.5. The zero-order valence-corrected chi connectivity index (χ0v) is 17.4. The zero-order chi connectivity index (χ0) is 20.8. The summed E-state index contributed by atoms with van der Waals surface area (Å²) in [5.74, 6) is 2.17. The minimum Gasteiger partial charge on any atom is -0.496 e. The molecule has 0 amide bonds. The smallest absolute Gasteiger partial charge is 0.262 e. The third kappa shape index (κ3) is 2.80. The molecular weight excluding hydrogens is 378 g/mol. The Morgan fingerprint density at radius 1 is 1.13 bits per heavy atom. The van der Waals surface area contributed by atoms with E-state index in [0.717, 1.165) is 18.4 Å². The first kappa shape index (κ1) is 18.8. The van der Waals surface area contributed by atoms with E-state index < -0.39 is 0 Å². The predicted octanol–water partition coefficient (Wildman–Crippen LogP) is 4.11. The summed E-state index contributed by atoms with van der Waals surface area (Å²) in [6, 6.07) is 9.78. The van der Waals surface area contributed by atoms with Gasteiger partial charge in [0.25, 0.3) is 11.3 Å². The summed E-state index contributed by atoms with van der Waals surface area (Å²) in [4.78, 5) is 22.7. The predicted molar refractivity (Wildman–Crippen MR) is 116 cm³/mol. The number of para-hydroxylation sites is 1. The summed E-state index contributed by atoms with van der Waals surface area (Å²) in [7, 11) is 1.63. The Labute approximate surface area is 174 Å². The molecule has 7 heteroatoms. The second kappa shape index (κ2) is 7.23. The van der Waals surface area contributed by atoms with Crippen LogP contribution in [0.1, 0.15) is 39.2 Å². The molecule has 1 aliphatic rings. The lowest BCUT2D eigenvalue weighted by Gasteiger charge is -2.35. The van der Waals surface area contributed by atoms with E-state index >= 15 is 0 Å². The van der Waals surface area contributed by atoms with Gasteiger partial charge < -0.3 is 9.30 Å². The minimum absolute atomic E-state index is 0.0377. The number of nitrogens with zero attached hydrogens (tertiary/aromatic N) is 5. The molecule has 1 aliphatic carbocycles. The van der Waals surface area contributed by atoms with Gasteiger partial charge in [-0.3, -0.25) is 4.79 Å². The Morgan fingerprint density at radius 2 is 1.97 bits per heavy atom. The van der Waals surface area contributed by atoms with Gasteiger partial charge >= 0.3 is 0 Å². The van der Waals surface area contributed by atoms with Crippen molar-refractivity contribution in [2.45, 2.75) is 39.2 Å². The summed E-state index contributed by atoms with van der Waals surface area (Å²) in [5.41, 5.74) is 2.04. The number of ether oxygens (including phenoxy) is 1. The highest BCUT2D eigenvalue weighted by atomic mass is 16.5. The molecule has 1 saturated carbocycles. The van der Waals surface area contributed by atoms with Crippen molar-refractivity contribution < 1.29 is 4.74 Å². The molecule has 0 unspecified atom stereocenters. The number of pyridine rings is 1. The van der Waals surface area contributed by atoms with Crippen molar-refractivity contribution in [1.82, 2.24) is 24.1 Å². The van der Waals surface area contributed by atoms with Gasteiger partial charge in [-0.1, -0.05) is 38.8 Å². The Morgan fingerprint density at radius 3 is 2.80 bits per heavy atom. The SMILES string of the molecule is COc1ccccc1-c1c2c(=O)n([C@@H]3CCC[C@H](C)[C@H]3C)ccc2nc2ncnn12.